The standard InChI is InChI=1S/C13H16N2O3/c1-9-7-11(5-6-14-9)10-3-4-12(15(16)17)13(8-10)18-2/h3-5,8-9,14H,6-7H2,1-2H3. The highest BCUT2D eigenvalue weighted by Gasteiger charge is 2.18. The summed E-state index contributed by atoms with van der Waals surface area (Å²) in [5.74, 6) is 0.310. The molecule has 0 saturated carbocycles. The fourth-order valence-electron chi connectivity index (χ4n) is 2.13. The van der Waals surface area contributed by atoms with Crippen LogP contribution in [0, 0.1) is 10.1 Å². The van der Waals surface area contributed by atoms with Gasteiger partial charge in [-0.25, -0.2) is 0 Å². The lowest BCUT2D eigenvalue weighted by Crippen LogP contribution is -2.29. The van der Waals surface area contributed by atoms with Gasteiger partial charge in [0, 0.05) is 18.7 Å². The predicted octanol–water partition coefficient (Wildman–Crippen LogP) is 2.37. The summed E-state index contributed by atoms with van der Waals surface area (Å²) >= 11 is 0. The molecule has 2 rings (SSSR count). The van der Waals surface area contributed by atoms with Crippen molar-refractivity contribution in [2.24, 2.45) is 0 Å². The van der Waals surface area contributed by atoms with Crippen molar-refractivity contribution in [2.75, 3.05) is 13.7 Å². The molecule has 1 aliphatic rings. The molecule has 1 unspecified atom stereocenters. The quantitative estimate of drug-likeness (QED) is 0.658. The lowest BCUT2D eigenvalue weighted by molar-refractivity contribution is -0.385. The topological polar surface area (TPSA) is 64.4 Å². The Morgan fingerprint density at radius 1 is 1.50 bits per heavy atom. The summed E-state index contributed by atoms with van der Waals surface area (Å²) in [4.78, 5) is 10.4. The first-order valence-corrected chi connectivity index (χ1v) is 5.87. The zero-order chi connectivity index (χ0) is 13.1. The zero-order valence-corrected chi connectivity index (χ0v) is 10.5. The molecule has 1 heterocycles. The molecule has 1 aromatic rings. The maximum absolute atomic E-state index is 10.8. The van der Waals surface area contributed by atoms with Crippen LogP contribution in [-0.4, -0.2) is 24.6 Å². The second kappa shape index (κ2) is 5.18. The van der Waals surface area contributed by atoms with Crippen LogP contribution in [0.1, 0.15) is 18.9 Å². The highest BCUT2D eigenvalue weighted by Crippen LogP contribution is 2.32. The van der Waals surface area contributed by atoms with E-state index >= 15 is 0 Å². The maximum Gasteiger partial charge on any atom is 0.310 e. The van der Waals surface area contributed by atoms with Gasteiger partial charge in [-0.2, -0.15) is 0 Å². The SMILES string of the molecule is COc1cc(C2=CCNC(C)C2)ccc1[N+](=O)[O-]. The molecule has 0 amide bonds. The number of nitro groups is 1. The van der Waals surface area contributed by atoms with Gasteiger partial charge in [0.15, 0.2) is 5.75 Å². The minimum Gasteiger partial charge on any atom is -0.490 e. The Hall–Kier alpha value is -1.88. The van der Waals surface area contributed by atoms with Crippen LogP contribution in [0.25, 0.3) is 5.57 Å². The fraction of sp³-hybridized carbons (Fsp3) is 0.385. The van der Waals surface area contributed by atoms with Gasteiger partial charge in [0.2, 0.25) is 0 Å². The Bertz CT molecular complexity index is 497. The summed E-state index contributed by atoms with van der Waals surface area (Å²) in [6.07, 6.45) is 3.03. The largest absolute Gasteiger partial charge is 0.490 e. The van der Waals surface area contributed by atoms with Crippen molar-refractivity contribution < 1.29 is 9.66 Å². The average molecular weight is 248 g/mol. The Labute approximate surface area is 106 Å². The molecule has 0 spiro atoms. The third-order valence-corrected chi connectivity index (χ3v) is 3.09. The third-order valence-electron chi connectivity index (χ3n) is 3.09. The molecular weight excluding hydrogens is 232 g/mol. The molecule has 5 nitrogen and oxygen atoms in total. The van der Waals surface area contributed by atoms with Crippen molar-refractivity contribution in [1.82, 2.24) is 5.32 Å². The summed E-state index contributed by atoms with van der Waals surface area (Å²) in [6.45, 7) is 2.95. The number of methoxy groups -OCH3 is 1. The number of ether oxygens (including phenoxy) is 1. The van der Waals surface area contributed by atoms with Crippen LogP contribution in [0.5, 0.6) is 5.75 Å². The van der Waals surface area contributed by atoms with Gasteiger partial charge in [-0.1, -0.05) is 6.08 Å². The van der Waals surface area contributed by atoms with Crippen molar-refractivity contribution in [2.45, 2.75) is 19.4 Å². The zero-order valence-electron chi connectivity index (χ0n) is 10.5. The average Bonchev–Trinajstić information content (AvgIpc) is 2.37. The van der Waals surface area contributed by atoms with Gasteiger partial charge < -0.3 is 10.1 Å². The Kier molecular flexibility index (Phi) is 3.62. The number of nitrogens with zero attached hydrogens (tertiary/aromatic N) is 1. The van der Waals surface area contributed by atoms with Crippen molar-refractivity contribution in [3.8, 4) is 5.75 Å². The smallest absolute Gasteiger partial charge is 0.310 e. The van der Waals surface area contributed by atoms with E-state index in [4.69, 9.17) is 4.74 Å². The Morgan fingerprint density at radius 2 is 2.28 bits per heavy atom. The molecule has 0 radical (unpaired) electrons. The van der Waals surface area contributed by atoms with Crippen molar-refractivity contribution in [1.29, 1.82) is 0 Å². The number of rotatable bonds is 3. The first kappa shape index (κ1) is 12.6. The summed E-state index contributed by atoms with van der Waals surface area (Å²) in [6, 6.07) is 5.44. The van der Waals surface area contributed by atoms with Gasteiger partial charge in [0.1, 0.15) is 0 Å². The van der Waals surface area contributed by atoms with Crippen molar-refractivity contribution in [3.05, 3.63) is 40.0 Å². The van der Waals surface area contributed by atoms with Gasteiger partial charge in [0.25, 0.3) is 0 Å². The van der Waals surface area contributed by atoms with Crippen LogP contribution < -0.4 is 10.1 Å². The van der Waals surface area contributed by atoms with Crippen LogP contribution in [0.4, 0.5) is 5.69 Å². The van der Waals surface area contributed by atoms with Gasteiger partial charge in [-0.3, -0.25) is 10.1 Å². The molecule has 0 aromatic heterocycles. The highest BCUT2D eigenvalue weighted by molar-refractivity contribution is 5.70. The van der Waals surface area contributed by atoms with E-state index in [1.165, 1.54) is 18.7 Å². The normalized spacial score (nSPS) is 19.2. The Balaban J connectivity index is 2.35. The molecule has 0 saturated heterocycles. The second-order valence-electron chi connectivity index (χ2n) is 4.39. The van der Waals surface area contributed by atoms with E-state index < -0.39 is 4.92 Å². The lowest BCUT2D eigenvalue weighted by atomic mass is 9.96. The molecule has 5 heteroatoms. The third kappa shape index (κ3) is 2.51. The van der Waals surface area contributed by atoms with E-state index in [0.29, 0.717) is 11.8 Å². The molecule has 1 aliphatic heterocycles. The van der Waals surface area contributed by atoms with Gasteiger partial charge in [0.05, 0.1) is 12.0 Å². The number of nitro benzene ring substituents is 1. The maximum atomic E-state index is 10.8. The fourth-order valence-corrected chi connectivity index (χ4v) is 2.13. The Morgan fingerprint density at radius 3 is 2.89 bits per heavy atom. The molecular formula is C13H16N2O3. The molecule has 0 aliphatic carbocycles. The van der Waals surface area contributed by atoms with Crippen molar-refractivity contribution in [3.63, 3.8) is 0 Å². The molecule has 1 N–H and O–H groups in total. The van der Waals surface area contributed by atoms with Gasteiger partial charge >= 0.3 is 5.69 Å². The minimum atomic E-state index is -0.429. The highest BCUT2D eigenvalue weighted by atomic mass is 16.6. The number of hydrogen-bond donors (Lipinski definition) is 1. The van der Waals surface area contributed by atoms with E-state index in [1.807, 2.05) is 0 Å². The van der Waals surface area contributed by atoms with Crippen molar-refractivity contribution >= 4 is 11.3 Å². The van der Waals surface area contributed by atoms with E-state index in [0.717, 1.165) is 18.5 Å². The lowest BCUT2D eigenvalue weighted by Gasteiger charge is -2.21. The van der Waals surface area contributed by atoms with E-state index in [1.54, 1.807) is 12.1 Å². The molecule has 1 aromatic carbocycles. The summed E-state index contributed by atoms with van der Waals surface area (Å²) in [5.41, 5.74) is 2.20. The second-order valence-corrected chi connectivity index (χ2v) is 4.39. The summed E-state index contributed by atoms with van der Waals surface area (Å²) in [5, 5.41) is 14.1. The molecule has 96 valence electrons. The number of nitrogens with one attached hydrogen (secondary N) is 1. The predicted molar refractivity (Wildman–Crippen MR) is 69.7 cm³/mol. The monoisotopic (exact) mass is 248 g/mol. The minimum absolute atomic E-state index is 0.00355. The first-order valence-electron chi connectivity index (χ1n) is 5.87. The van der Waals surface area contributed by atoms with Gasteiger partial charge in [-0.05, 0) is 36.6 Å². The van der Waals surface area contributed by atoms with E-state index in [-0.39, 0.29) is 5.69 Å². The van der Waals surface area contributed by atoms with Crippen LogP contribution in [0.2, 0.25) is 0 Å². The molecule has 0 fully saturated rings. The van der Waals surface area contributed by atoms with E-state index in [9.17, 15) is 10.1 Å². The van der Waals surface area contributed by atoms with Crippen LogP contribution in [0.15, 0.2) is 24.3 Å². The molecule has 1 atom stereocenters. The van der Waals surface area contributed by atoms with Crippen LogP contribution in [-0.2, 0) is 0 Å². The molecule has 0 bridgehead atoms. The molecule has 18 heavy (non-hydrogen) atoms. The number of benzene rings is 1. The van der Waals surface area contributed by atoms with E-state index in [2.05, 4.69) is 18.3 Å². The van der Waals surface area contributed by atoms with Gasteiger partial charge in [-0.15, -0.1) is 0 Å². The summed E-state index contributed by atoms with van der Waals surface area (Å²) < 4.78 is 5.08. The number of hydrogen-bond acceptors (Lipinski definition) is 4. The first-order chi connectivity index (χ1) is 8.61. The van der Waals surface area contributed by atoms with Crippen LogP contribution in [0.3, 0.4) is 0 Å². The summed E-state index contributed by atoms with van der Waals surface area (Å²) in [7, 11) is 1.45. The van der Waals surface area contributed by atoms with Crippen LogP contribution >= 0.6 is 0 Å².